The van der Waals surface area contributed by atoms with Crippen LogP contribution in [0.3, 0.4) is 0 Å². The molecule has 2 rings (SSSR count). The first kappa shape index (κ1) is 13.3. The van der Waals surface area contributed by atoms with Crippen LogP contribution in [0.15, 0.2) is 18.3 Å². The molecule has 100 valence electrons. The maximum absolute atomic E-state index is 5.80. The fourth-order valence-corrected chi connectivity index (χ4v) is 2.17. The predicted octanol–water partition coefficient (Wildman–Crippen LogP) is 2.31. The van der Waals surface area contributed by atoms with E-state index in [1.807, 2.05) is 18.3 Å². The summed E-state index contributed by atoms with van der Waals surface area (Å²) in [5.74, 6) is 0.834. The summed E-state index contributed by atoms with van der Waals surface area (Å²) in [4.78, 5) is 4.48. The summed E-state index contributed by atoms with van der Waals surface area (Å²) < 4.78 is 11.1. The van der Waals surface area contributed by atoms with E-state index in [2.05, 4.69) is 24.1 Å². The highest BCUT2D eigenvalue weighted by molar-refractivity contribution is 5.22. The van der Waals surface area contributed by atoms with E-state index in [1.54, 1.807) is 0 Å². The molecule has 4 nitrogen and oxygen atoms in total. The zero-order valence-electron chi connectivity index (χ0n) is 11.2. The first-order valence-electron chi connectivity index (χ1n) is 6.77. The van der Waals surface area contributed by atoms with Crippen LogP contribution < -0.4 is 10.1 Å². The molecule has 0 aromatic carbocycles. The molecule has 1 saturated heterocycles. The average Bonchev–Trinajstić information content (AvgIpc) is 2.90. The minimum absolute atomic E-state index is 0.188. The molecule has 18 heavy (non-hydrogen) atoms. The Morgan fingerprint density at radius 3 is 2.94 bits per heavy atom. The summed E-state index contributed by atoms with van der Waals surface area (Å²) in [7, 11) is 0. The normalized spacial score (nSPS) is 20.9. The summed E-state index contributed by atoms with van der Waals surface area (Å²) >= 11 is 0. The first-order chi connectivity index (χ1) is 8.83. The Morgan fingerprint density at radius 1 is 1.50 bits per heavy atom. The smallest absolute Gasteiger partial charge is 0.138 e. The fourth-order valence-electron chi connectivity index (χ4n) is 2.17. The lowest BCUT2D eigenvalue weighted by Crippen LogP contribution is -2.21. The van der Waals surface area contributed by atoms with Crippen molar-refractivity contribution in [2.24, 2.45) is 0 Å². The van der Waals surface area contributed by atoms with E-state index in [4.69, 9.17) is 9.47 Å². The van der Waals surface area contributed by atoms with Gasteiger partial charge >= 0.3 is 0 Å². The van der Waals surface area contributed by atoms with Gasteiger partial charge in [-0.3, -0.25) is 4.98 Å². The van der Waals surface area contributed by atoms with Gasteiger partial charge in [0, 0.05) is 12.5 Å². The Balaban J connectivity index is 1.95. The Bertz CT molecular complexity index is 347. The number of aromatic nitrogens is 1. The number of hydrogen-bond acceptors (Lipinski definition) is 4. The molecule has 2 heterocycles. The highest BCUT2D eigenvalue weighted by Crippen LogP contribution is 2.19. The monoisotopic (exact) mass is 250 g/mol. The third-order valence-corrected chi connectivity index (χ3v) is 3.17. The molecule has 1 aliphatic rings. The molecule has 1 fully saturated rings. The third kappa shape index (κ3) is 3.43. The number of hydrogen-bond donors (Lipinski definition) is 1. The van der Waals surface area contributed by atoms with Crippen LogP contribution in [0.25, 0.3) is 0 Å². The lowest BCUT2D eigenvalue weighted by atomic mass is 10.1. The SMILES string of the molecule is CCNC(CC)c1ccc(OC2CCOC2)cn1. The maximum atomic E-state index is 5.80. The van der Waals surface area contributed by atoms with Crippen molar-refractivity contribution in [2.75, 3.05) is 19.8 Å². The van der Waals surface area contributed by atoms with Gasteiger partial charge in [-0.25, -0.2) is 0 Å². The van der Waals surface area contributed by atoms with Crippen LogP contribution in [0.5, 0.6) is 5.75 Å². The number of rotatable bonds is 6. The topological polar surface area (TPSA) is 43.4 Å². The predicted molar refractivity (Wildman–Crippen MR) is 70.8 cm³/mol. The third-order valence-electron chi connectivity index (χ3n) is 3.17. The van der Waals surface area contributed by atoms with Gasteiger partial charge in [-0.2, -0.15) is 0 Å². The highest BCUT2D eigenvalue weighted by atomic mass is 16.5. The Kier molecular flexibility index (Phi) is 4.96. The van der Waals surface area contributed by atoms with Crippen LogP contribution in [-0.4, -0.2) is 30.8 Å². The van der Waals surface area contributed by atoms with E-state index in [1.165, 1.54) is 0 Å². The summed E-state index contributed by atoms with van der Waals surface area (Å²) in [6.07, 6.45) is 4.01. The number of nitrogens with one attached hydrogen (secondary N) is 1. The van der Waals surface area contributed by atoms with E-state index >= 15 is 0 Å². The lowest BCUT2D eigenvalue weighted by molar-refractivity contribution is 0.141. The van der Waals surface area contributed by atoms with E-state index < -0.39 is 0 Å². The van der Waals surface area contributed by atoms with Crippen LogP contribution in [0, 0.1) is 0 Å². The van der Waals surface area contributed by atoms with Gasteiger partial charge in [-0.1, -0.05) is 13.8 Å². The first-order valence-corrected chi connectivity index (χ1v) is 6.77. The Hall–Kier alpha value is -1.13. The second-order valence-corrected chi connectivity index (χ2v) is 4.54. The van der Waals surface area contributed by atoms with Gasteiger partial charge in [0.15, 0.2) is 0 Å². The minimum atomic E-state index is 0.188. The van der Waals surface area contributed by atoms with Gasteiger partial charge in [-0.15, -0.1) is 0 Å². The maximum Gasteiger partial charge on any atom is 0.138 e. The van der Waals surface area contributed by atoms with Crippen LogP contribution in [0.1, 0.15) is 38.4 Å². The van der Waals surface area contributed by atoms with Crippen molar-refractivity contribution in [3.63, 3.8) is 0 Å². The van der Waals surface area contributed by atoms with E-state index in [9.17, 15) is 0 Å². The van der Waals surface area contributed by atoms with Gasteiger partial charge in [0.2, 0.25) is 0 Å². The molecule has 0 bridgehead atoms. The second-order valence-electron chi connectivity index (χ2n) is 4.54. The van der Waals surface area contributed by atoms with Crippen molar-refractivity contribution in [3.05, 3.63) is 24.0 Å². The summed E-state index contributed by atoms with van der Waals surface area (Å²) in [6, 6.07) is 4.38. The molecule has 0 spiro atoms. The standard InChI is InChI=1S/C14H22N2O2/c1-3-13(15-4-2)14-6-5-11(9-16-14)18-12-7-8-17-10-12/h5-6,9,12-13,15H,3-4,7-8,10H2,1-2H3. The molecule has 2 unspecified atom stereocenters. The van der Waals surface area contributed by atoms with Crippen molar-refractivity contribution in [1.29, 1.82) is 0 Å². The second kappa shape index (κ2) is 6.71. The van der Waals surface area contributed by atoms with Crippen molar-refractivity contribution in [1.82, 2.24) is 10.3 Å². The molecule has 1 aromatic heterocycles. The van der Waals surface area contributed by atoms with Crippen LogP contribution in [0.2, 0.25) is 0 Å². The summed E-state index contributed by atoms with van der Waals surface area (Å²) in [5, 5.41) is 3.42. The van der Waals surface area contributed by atoms with E-state index in [0.717, 1.165) is 37.4 Å². The Morgan fingerprint density at radius 2 is 2.39 bits per heavy atom. The Labute approximate surface area is 109 Å². The largest absolute Gasteiger partial charge is 0.486 e. The zero-order valence-corrected chi connectivity index (χ0v) is 11.2. The molecule has 0 aliphatic carbocycles. The molecule has 1 aromatic rings. The fraction of sp³-hybridized carbons (Fsp3) is 0.643. The van der Waals surface area contributed by atoms with Crippen LogP contribution in [0.4, 0.5) is 0 Å². The number of ether oxygens (including phenoxy) is 2. The van der Waals surface area contributed by atoms with Gasteiger partial charge < -0.3 is 14.8 Å². The molecule has 0 saturated carbocycles. The van der Waals surface area contributed by atoms with Crippen molar-refractivity contribution < 1.29 is 9.47 Å². The van der Waals surface area contributed by atoms with Crippen molar-refractivity contribution in [2.45, 2.75) is 38.8 Å². The van der Waals surface area contributed by atoms with Gasteiger partial charge in [0.05, 0.1) is 25.1 Å². The molecule has 1 aliphatic heterocycles. The van der Waals surface area contributed by atoms with E-state index in [-0.39, 0.29) is 6.10 Å². The van der Waals surface area contributed by atoms with Gasteiger partial charge in [0.1, 0.15) is 11.9 Å². The molecular weight excluding hydrogens is 228 g/mol. The number of nitrogens with zero attached hydrogens (tertiary/aromatic N) is 1. The molecule has 2 atom stereocenters. The van der Waals surface area contributed by atoms with Gasteiger partial charge in [0.25, 0.3) is 0 Å². The van der Waals surface area contributed by atoms with Crippen LogP contribution in [-0.2, 0) is 4.74 Å². The summed E-state index contributed by atoms with van der Waals surface area (Å²) in [5.41, 5.74) is 1.08. The molecular formula is C14H22N2O2. The van der Waals surface area contributed by atoms with E-state index in [0.29, 0.717) is 12.6 Å². The summed E-state index contributed by atoms with van der Waals surface area (Å²) in [6.45, 7) is 6.72. The minimum Gasteiger partial charge on any atom is -0.486 e. The zero-order chi connectivity index (χ0) is 12.8. The van der Waals surface area contributed by atoms with Crippen molar-refractivity contribution in [3.8, 4) is 5.75 Å². The molecule has 1 N–H and O–H groups in total. The number of pyridine rings is 1. The van der Waals surface area contributed by atoms with Crippen molar-refractivity contribution >= 4 is 0 Å². The van der Waals surface area contributed by atoms with Crippen LogP contribution >= 0.6 is 0 Å². The highest BCUT2D eigenvalue weighted by Gasteiger charge is 2.17. The molecule has 0 radical (unpaired) electrons. The van der Waals surface area contributed by atoms with Gasteiger partial charge in [-0.05, 0) is 25.1 Å². The lowest BCUT2D eigenvalue weighted by Gasteiger charge is -2.16. The molecule has 4 heteroatoms. The average molecular weight is 250 g/mol. The quantitative estimate of drug-likeness (QED) is 0.841. The molecule has 0 amide bonds.